The third-order valence-corrected chi connectivity index (χ3v) is 9.05. The van der Waals surface area contributed by atoms with Crippen molar-refractivity contribution in [3.8, 4) is 0 Å². The third kappa shape index (κ3) is 12.9. The van der Waals surface area contributed by atoms with Crippen molar-refractivity contribution >= 4 is 12.8 Å². The largest absolute Gasteiger partial charge is 0.464 e. The lowest BCUT2D eigenvalue weighted by Crippen LogP contribution is -2.60. The molecule has 0 aromatic carbocycles. The zero-order valence-electron chi connectivity index (χ0n) is 27.3. The lowest BCUT2D eigenvalue weighted by molar-refractivity contribution is -0.143. The van der Waals surface area contributed by atoms with Crippen molar-refractivity contribution in [2.75, 3.05) is 21.2 Å². The maximum absolute atomic E-state index is 10.3. The number of hydrogen-bond donors (Lipinski definition) is 0. The van der Waals surface area contributed by atoms with Crippen LogP contribution in [0.3, 0.4) is 0 Å². The molecule has 2 aliphatic rings. The predicted molar refractivity (Wildman–Crippen MR) is 161 cm³/mol. The predicted octanol–water partition coefficient (Wildman–Crippen LogP) is 7.42. The molecule has 0 N–H and O–H groups in total. The standard InChI is InChI=1S/C11H21NO2.C11H23NO.C10H20O/c1-10(2)6-9(14-8-13)7-11(3,4)12(10)5;1-10(2)7-9(13-6)8-11(3,4)12(10)5;1-2-3-4-5-6-7-8-9-10-11/h8-9H,6-7H2,1-5H3;9H,7-8H2,1-6H3;10H,2-9H2,1H3. The summed E-state index contributed by atoms with van der Waals surface area (Å²) < 4.78 is 10.6. The lowest BCUT2D eigenvalue weighted by Gasteiger charge is -2.53. The van der Waals surface area contributed by atoms with E-state index in [0.29, 0.717) is 12.6 Å². The summed E-state index contributed by atoms with van der Waals surface area (Å²) in [4.78, 5) is 25.1. The molecule has 0 aromatic rings. The van der Waals surface area contributed by atoms with E-state index in [2.05, 4.69) is 86.2 Å². The first-order valence-corrected chi connectivity index (χ1v) is 15.0. The highest BCUT2D eigenvalue weighted by Gasteiger charge is 2.44. The van der Waals surface area contributed by atoms with Gasteiger partial charge >= 0.3 is 0 Å². The Kier molecular flexibility index (Phi) is 16.5. The van der Waals surface area contributed by atoms with Crippen LogP contribution in [0, 0.1) is 0 Å². The van der Waals surface area contributed by atoms with Crippen LogP contribution < -0.4 is 0 Å². The molecule has 0 aliphatic carbocycles. The fourth-order valence-electron chi connectivity index (χ4n) is 6.09. The second kappa shape index (κ2) is 17.0. The first-order valence-electron chi connectivity index (χ1n) is 15.0. The second-order valence-corrected chi connectivity index (χ2v) is 14.0. The SMILES string of the molecule is CCCCCCCCCC=O.CN1C(C)(C)CC(OC=O)CC1(C)C.COC1CC(C)(C)N(C)C(C)(C)C1. The van der Waals surface area contributed by atoms with Gasteiger partial charge in [0.2, 0.25) is 0 Å². The smallest absolute Gasteiger partial charge is 0.293 e. The van der Waals surface area contributed by atoms with E-state index in [1.54, 1.807) is 0 Å². The molecular formula is C32H64N2O4. The van der Waals surface area contributed by atoms with Crippen molar-refractivity contribution in [3.05, 3.63) is 0 Å². The molecule has 0 unspecified atom stereocenters. The van der Waals surface area contributed by atoms with Gasteiger partial charge in [0.1, 0.15) is 12.4 Å². The summed E-state index contributed by atoms with van der Waals surface area (Å²) in [5, 5.41) is 0. The van der Waals surface area contributed by atoms with E-state index >= 15 is 0 Å². The Balaban J connectivity index is 0.000000545. The van der Waals surface area contributed by atoms with Gasteiger partial charge in [-0.1, -0.05) is 45.4 Å². The number of nitrogens with zero attached hydrogens (tertiary/aromatic N) is 2. The number of hydrogen-bond acceptors (Lipinski definition) is 6. The van der Waals surface area contributed by atoms with Crippen LogP contribution in [-0.2, 0) is 19.1 Å². The van der Waals surface area contributed by atoms with E-state index in [0.717, 1.165) is 44.8 Å². The number of unbranched alkanes of at least 4 members (excludes halogenated alkanes) is 7. The van der Waals surface area contributed by atoms with Crippen molar-refractivity contribution in [2.24, 2.45) is 0 Å². The van der Waals surface area contributed by atoms with Gasteiger partial charge in [-0.3, -0.25) is 14.6 Å². The molecule has 2 rings (SSSR count). The van der Waals surface area contributed by atoms with Gasteiger partial charge in [-0.05, 0) is 88.7 Å². The molecule has 0 bridgehead atoms. The van der Waals surface area contributed by atoms with E-state index in [4.69, 9.17) is 9.47 Å². The molecule has 2 aliphatic heterocycles. The number of ether oxygens (including phenoxy) is 2. The van der Waals surface area contributed by atoms with Crippen molar-refractivity contribution in [2.45, 2.75) is 174 Å². The molecule has 0 spiro atoms. The summed E-state index contributed by atoms with van der Waals surface area (Å²) in [5.41, 5.74) is 0.690. The highest BCUT2D eigenvalue weighted by Crippen LogP contribution is 2.38. The van der Waals surface area contributed by atoms with E-state index in [-0.39, 0.29) is 28.3 Å². The Bertz CT molecular complexity index is 624. The van der Waals surface area contributed by atoms with Crippen LogP contribution in [-0.4, -0.2) is 78.1 Å². The van der Waals surface area contributed by atoms with E-state index < -0.39 is 0 Å². The van der Waals surface area contributed by atoms with Gasteiger partial charge in [0, 0.05) is 48.5 Å². The van der Waals surface area contributed by atoms with Gasteiger partial charge in [0.05, 0.1) is 6.10 Å². The Hall–Kier alpha value is -0.980. The van der Waals surface area contributed by atoms with Gasteiger partial charge in [-0.25, -0.2) is 0 Å². The van der Waals surface area contributed by atoms with E-state index in [1.165, 1.54) is 38.5 Å². The van der Waals surface area contributed by atoms with Gasteiger partial charge in [0.15, 0.2) is 0 Å². The van der Waals surface area contributed by atoms with Crippen LogP contribution in [0.1, 0.15) is 139 Å². The first kappa shape index (κ1) is 37.0. The number of piperidine rings is 2. The lowest BCUT2D eigenvalue weighted by atomic mass is 9.79. The number of carbonyl (C=O) groups is 2. The molecule has 0 radical (unpaired) electrons. The minimum atomic E-state index is 0.0636. The van der Waals surface area contributed by atoms with Crippen LogP contribution >= 0.6 is 0 Å². The quantitative estimate of drug-likeness (QED) is 0.201. The number of carbonyl (C=O) groups excluding carboxylic acids is 2. The fraction of sp³-hybridized carbons (Fsp3) is 0.938. The summed E-state index contributed by atoms with van der Waals surface area (Å²) in [5.74, 6) is 0. The summed E-state index contributed by atoms with van der Waals surface area (Å²) in [6.45, 7) is 20.7. The monoisotopic (exact) mass is 540 g/mol. The topological polar surface area (TPSA) is 59.1 Å². The second-order valence-electron chi connectivity index (χ2n) is 14.0. The average Bonchev–Trinajstić information content (AvgIpc) is 2.81. The molecule has 0 aromatic heterocycles. The summed E-state index contributed by atoms with van der Waals surface area (Å²) in [7, 11) is 6.17. The number of rotatable bonds is 11. The Morgan fingerprint density at radius 2 is 1.03 bits per heavy atom. The number of methoxy groups -OCH3 is 1. The number of likely N-dealkylation sites (tertiary alicyclic amines) is 2. The fourth-order valence-corrected chi connectivity index (χ4v) is 6.09. The summed E-state index contributed by atoms with van der Waals surface area (Å²) >= 11 is 0. The van der Waals surface area contributed by atoms with Crippen LogP contribution in [0.25, 0.3) is 0 Å². The summed E-state index contributed by atoms with van der Waals surface area (Å²) in [6.07, 6.45) is 15.4. The van der Waals surface area contributed by atoms with Crippen molar-refractivity contribution in [1.29, 1.82) is 0 Å². The Labute approximate surface area is 236 Å². The number of aldehydes is 1. The van der Waals surface area contributed by atoms with Crippen molar-refractivity contribution in [1.82, 2.24) is 9.80 Å². The van der Waals surface area contributed by atoms with Crippen LogP contribution in [0.2, 0.25) is 0 Å². The molecule has 2 saturated heterocycles. The summed E-state index contributed by atoms with van der Waals surface area (Å²) in [6, 6.07) is 0. The Morgan fingerprint density at radius 3 is 1.37 bits per heavy atom. The van der Waals surface area contributed by atoms with Gasteiger partial charge in [-0.2, -0.15) is 0 Å². The van der Waals surface area contributed by atoms with Crippen molar-refractivity contribution < 1.29 is 19.1 Å². The Morgan fingerprint density at radius 1 is 0.658 bits per heavy atom. The van der Waals surface area contributed by atoms with Crippen LogP contribution in [0.5, 0.6) is 0 Å². The maximum atomic E-state index is 10.3. The maximum Gasteiger partial charge on any atom is 0.293 e. The molecular weight excluding hydrogens is 476 g/mol. The zero-order valence-corrected chi connectivity index (χ0v) is 27.3. The van der Waals surface area contributed by atoms with Gasteiger partial charge in [-0.15, -0.1) is 0 Å². The van der Waals surface area contributed by atoms with Crippen LogP contribution in [0.4, 0.5) is 0 Å². The minimum absolute atomic E-state index is 0.0636. The average molecular weight is 541 g/mol. The van der Waals surface area contributed by atoms with Crippen LogP contribution in [0.15, 0.2) is 0 Å². The molecule has 226 valence electrons. The first-order chi connectivity index (χ1) is 17.5. The molecule has 2 fully saturated rings. The molecule has 0 atom stereocenters. The normalized spacial score (nSPS) is 22.8. The van der Waals surface area contributed by atoms with Gasteiger partial charge < -0.3 is 14.3 Å². The highest BCUT2D eigenvalue weighted by atomic mass is 16.5. The third-order valence-electron chi connectivity index (χ3n) is 9.05. The van der Waals surface area contributed by atoms with Crippen molar-refractivity contribution in [3.63, 3.8) is 0 Å². The molecule has 6 nitrogen and oxygen atoms in total. The molecule has 0 saturated carbocycles. The van der Waals surface area contributed by atoms with E-state index in [1.807, 2.05) is 7.11 Å². The minimum Gasteiger partial charge on any atom is -0.464 e. The molecule has 0 amide bonds. The zero-order chi connectivity index (χ0) is 29.6. The highest BCUT2D eigenvalue weighted by molar-refractivity contribution is 5.48. The molecule has 38 heavy (non-hydrogen) atoms. The van der Waals surface area contributed by atoms with E-state index in [9.17, 15) is 9.59 Å². The van der Waals surface area contributed by atoms with Gasteiger partial charge in [0.25, 0.3) is 6.47 Å². The molecule has 6 heteroatoms. The molecule has 2 heterocycles.